The molecule has 0 bridgehead atoms. The Morgan fingerprint density at radius 1 is 0.508 bits per heavy atom. The molecule has 309 valence electrons. The van der Waals surface area contributed by atoms with Crippen molar-refractivity contribution in [3.63, 3.8) is 0 Å². The van der Waals surface area contributed by atoms with Gasteiger partial charge in [-0.3, -0.25) is 0 Å². The molecule has 0 saturated heterocycles. The zero-order chi connectivity index (χ0) is 42.9. The Morgan fingerprint density at radius 3 is 1.95 bits per heavy atom. The van der Waals surface area contributed by atoms with Gasteiger partial charge in [-0.2, -0.15) is 0 Å². The van der Waals surface area contributed by atoms with Crippen LogP contribution in [0.2, 0.25) is 0 Å². The van der Waals surface area contributed by atoms with E-state index >= 15 is 0 Å². The lowest BCUT2D eigenvalue weighted by molar-refractivity contribution is 0.332. The van der Waals surface area contributed by atoms with E-state index in [1.165, 1.54) is 149 Å². The Balaban J connectivity index is 1.17. The van der Waals surface area contributed by atoms with Gasteiger partial charge < -0.3 is 9.88 Å². The highest BCUT2D eigenvalue weighted by molar-refractivity contribution is 7.30. The van der Waals surface area contributed by atoms with Crippen molar-refractivity contribution < 1.29 is 0 Å². The number of benzene rings is 7. The third-order valence-electron chi connectivity index (χ3n) is 16.0. The first-order valence-electron chi connectivity index (χ1n) is 23.0. The number of hydrogen-bond acceptors (Lipinski definition) is 3. The average Bonchev–Trinajstić information content (AvgIpc) is 3.96. The van der Waals surface area contributed by atoms with Crippen LogP contribution in [0.4, 0.5) is 17.1 Å². The molecule has 63 heavy (non-hydrogen) atoms. The first-order valence-corrected chi connectivity index (χ1v) is 24.6. The van der Waals surface area contributed by atoms with Crippen molar-refractivity contribution >= 4 is 120 Å². The fourth-order valence-electron chi connectivity index (χ4n) is 12.1. The summed E-state index contributed by atoms with van der Waals surface area (Å²) in [5.74, 6) is 0. The smallest absolute Gasteiger partial charge is 0.211 e. The zero-order valence-electron chi connectivity index (χ0n) is 37.6. The van der Waals surface area contributed by atoms with Gasteiger partial charge in [0.25, 0.3) is 0 Å². The molecule has 0 spiro atoms. The second-order valence-electron chi connectivity index (χ2n) is 21.7. The minimum Gasteiger partial charge on any atom is -0.354 e. The molecule has 1 radical (unpaired) electrons. The van der Waals surface area contributed by atoms with E-state index in [4.69, 9.17) is 0 Å². The monoisotopic (exact) mass is 851 g/mol. The molecule has 1 N–H and O–H groups in total. The largest absolute Gasteiger partial charge is 0.354 e. The first-order chi connectivity index (χ1) is 30.2. The fourth-order valence-corrected chi connectivity index (χ4v) is 14.5. The van der Waals surface area contributed by atoms with Crippen molar-refractivity contribution in [2.75, 3.05) is 4.90 Å². The van der Waals surface area contributed by atoms with Gasteiger partial charge in [0, 0.05) is 53.1 Å². The summed E-state index contributed by atoms with van der Waals surface area (Å²) in [5, 5.41) is 9.16. The summed E-state index contributed by atoms with van der Waals surface area (Å²) in [7, 11) is 2.57. The maximum Gasteiger partial charge on any atom is 0.211 e. The molecule has 3 aliphatic rings. The fraction of sp³-hybridized carbons (Fsp3) is 0.276. The van der Waals surface area contributed by atoms with Crippen LogP contribution in [0.25, 0.3) is 74.0 Å². The van der Waals surface area contributed by atoms with Crippen LogP contribution in [0.5, 0.6) is 0 Å². The van der Waals surface area contributed by atoms with Gasteiger partial charge in [0.2, 0.25) is 7.28 Å². The van der Waals surface area contributed by atoms with Crippen molar-refractivity contribution in [2.24, 2.45) is 0 Å². The highest BCUT2D eigenvalue weighted by atomic mass is 32.1. The maximum absolute atomic E-state index is 3.98. The highest BCUT2D eigenvalue weighted by Crippen LogP contribution is 2.55. The Bertz CT molecular complexity index is 3630. The number of fused-ring (bicyclic) bond motifs is 15. The quantitative estimate of drug-likeness (QED) is 0.172. The molecule has 7 aromatic carbocycles. The second kappa shape index (κ2) is 12.7. The molecule has 1 aliphatic heterocycles. The van der Waals surface area contributed by atoms with E-state index in [0.717, 1.165) is 0 Å². The molecule has 0 unspecified atom stereocenters. The molecule has 0 atom stereocenters. The number of nitrogens with one attached hydrogen (secondary N) is 1. The number of aromatic amines is 1. The summed E-state index contributed by atoms with van der Waals surface area (Å²) in [6.07, 6.45) is 4.78. The van der Waals surface area contributed by atoms with Crippen LogP contribution in [0.1, 0.15) is 103 Å². The molecule has 0 saturated carbocycles. The number of para-hydroxylation sites is 1. The van der Waals surface area contributed by atoms with Crippen molar-refractivity contribution in [1.29, 1.82) is 0 Å². The number of nitrogens with zero attached hydrogens (tertiary/aromatic N) is 1. The summed E-state index contributed by atoms with van der Waals surface area (Å²) >= 11 is 3.94. The third kappa shape index (κ3) is 5.30. The van der Waals surface area contributed by atoms with Gasteiger partial charge in [0.05, 0.1) is 21.6 Å². The van der Waals surface area contributed by atoms with Crippen molar-refractivity contribution in [3.8, 4) is 11.1 Å². The van der Waals surface area contributed by atoms with Crippen molar-refractivity contribution in [2.45, 2.75) is 103 Å². The number of aromatic nitrogens is 1. The minimum atomic E-state index is 0.0735. The van der Waals surface area contributed by atoms with Crippen LogP contribution < -0.4 is 15.1 Å². The van der Waals surface area contributed by atoms with E-state index in [1.54, 1.807) is 0 Å². The van der Waals surface area contributed by atoms with Crippen LogP contribution in [-0.4, -0.2) is 12.3 Å². The predicted octanol–water partition coefficient (Wildman–Crippen LogP) is 15.9. The number of thiophene rings is 2. The summed E-state index contributed by atoms with van der Waals surface area (Å²) < 4.78 is 5.40. The molecule has 2 aliphatic carbocycles. The normalized spacial score (nSPS) is 18.2. The molecule has 10 aromatic rings. The van der Waals surface area contributed by atoms with Gasteiger partial charge in [0.15, 0.2) is 0 Å². The Labute approximate surface area is 379 Å². The van der Waals surface area contributed by atoms with E-state index in [-0.39, 0.29) is 21.7 Å². The predicted molar refractivity (Wildman–Crippen MR) is 277 cm³/mol. The summed E-state index contributed by atoms with van der Waals surface area (Å²) in [6, 6.07) is 44.7. The maximum atomic E-state index is 3.98. The van der Waals surface area contributed by atoms with Crippen LogP contribution in [0.3, 0.4) is 0 Å². The second-order valence-corrected chi connectivity index (χ2v) is 23.8. The molecule has 2 nitrogen and oxygen atoms in total. The Kier molecular flexibility index (Phi) is 7.67. The van der Waals surface area contributed by atoms with Crippen LogP contribution >= 0.6 is 22.7 Å². The van der Waals surface area contributed by atoms with Crippen molar-refractivity contribution in [3.05, 3.63) is 138 Å². The molecule has 0 fully saturated rings. The SMILES string of the molecule is CC1(C)CCC(C)(C)c2cc(N3c4c(sc5cc6c(cc45)C(C)(C)CCC6(C)C)[B]c4c(-c5cccc6c5[nH]c5ccc7ccccc7c56)cc5c(sc6ccccc65)c43)ccc21. The Morgan fingerprint density at radius 2 is 1.17 bits per heavy atom. The topological polar surface area (TPSA) is 19.0 Å². The molecule has 0 amide bonds. The number of rotatable bonds is 2. The van der Waals surface area contributed by atoms with Gasteiger partial charge in [-0.05, 0) is 139 Å². The third-order valence-corrected chi connectivity index (χ3v) is 18.3. The zero-order valence-corrected chi connectivity index (χ0v) is 39.3. The van der Waals surface area contributed by atoms with E-state index in [1.807, 2.05) is 22.7 Å². The molecule has 4 heterocycles. The molecule has 3 aromatic heterocycles. The summed E-state index contributed by atoms with van der Waals surface area (Å²) in [6.45, 7) is 19.7. The van der Waals surface area contributed by atoms with E-state index in [0.29, 0.717) is 0 Å². The first kappa shape index (κ1) is 38.1. The molecule has 13 rings (SSSR count). The lowest BCUT2D eigenvalue weighted by atomic mass is 9.61. The average molecular weight is 852 g/mol. The van der Waals surface area contributed by atoms with Crippen molar-refractivity contribution in [1.82, 2.24) is 4.98 Å². The molecule has 5 heteroatoms. The van der Waals surface area contributed by atoms with E-state index in [9.17, 15) is 0 Å². The summed E-state index contributed by atoms with van der Waals surface area (Å²) in [5.41, 5.74) is 16.6. The lowest BCUT2D eigenvalue weighted by Gasteiger charge is -2.43. The van der Waals surface area contributed by atoms with Crippen LogP contribution in [0, 0.1) is 0 Å². The lowest BCUT2D eigenvalue weighted by Crippen LogP contribution is -2.40. The molecular formula is C58H52BN2S2. The van der Waals surface area contributed by atoms with Crippen LogP contribution in [-0.2, 0) is 21.7 Å². The molecular weight excluding hydrogens is 800 g/mol. The minimum absolute atomic E-state index is 0.0735. The summed E-state index contributed by atoms with van der Waals surface area (Å²) in [4.78, 5) is 6.71. The number of anilines is 3. The van der Waals surface area contributed by atoms with Gasteiger partial charge in [-0.1, -0.05) is 128 Å². The van der Waals surface area contributed by atoms with Gasteiger partial charge in [-0.15, -0.1) is 22.7 Å². The van der Waals surface area contributed by atoms with Crippen LogP contribution in [0.15, 0.2) is 115 Å². The standard InChI is InChI=1S/C58H52BN2S2/c1-55(2)24-25-56(3,4)42-28-33(21-22-41(42)55)61-51-40-30-43-44(58(7,8)27-26-57(43,5)6)31-47(40)63-54(51)59-49-38(29-39-35-16-11-12-19-46(35)62-53(39)52(49)61)36-17-13-18-37-48-34-15-10-9-14-32(34)20-23-45(48)60-50(36)37/h9-23,28-31,60H,24-27H2,1-8H3. The van der Waals surface area contributed by atoms with E-state index in [2.05, 4.69) is 188 Å². The highest BCUT2D eigenvalue weighted by Gasteiger charge is 2.42. The van der Waals surface area contributed by atoms with E-state index < -0.39 is 0 Å². The number of H-pyrrole nitrogens is 1. The number of hydrogen-bond donors (Lipinski definition) is 1. The van der Waals surface area contributed by atoms with Gasteiger partial charge in [0.1, 0.15) is 0 Å². The van der Waals surface area contributed by atoms with Gasteiger partial charge in [-0.25, -0.2) is 0 Å². The van der Waals surface area contributed by atoms with Gasteiger partial charge >= 0.3 is 0 Å². The Hall–Kier alpha value is -5.36.